The van der Waals surface area contributed by atoms with Crippen molar-refractivity contribution in [3.63, 3.8) is 0 Å². The van der Waals surface area contributed by atoms with Crippen molar-refractivity contribution in [1.82, 2.24) is 15.3 Å². The second kappa shape index (κ2) is 9.07. The number of benzene rings is 1. The van der Waals surface area contributed by atoms with Crippen LogP contribution in [0.15, 0.2) is 35.8 Å². The van der Waals surface area contributed by atoms with Crippen LogP contribution in [0.3, 0.4) is 0 Å². The van der Waals surface area contributed by atoms with Gasteiger partial charge >= 0.3 is 6.18 Å². The molecule has 4 rings (SSSR count). The number of nitrogens with one attached hydrogen (secondary N) is 1. The number of aromatic nitrogens is 2. The first-order chi connectivity index (χ1) is 15.2. The molecule has 0 aliphatic heterocycles. The molecule has 168 valence electrons. The van der Waals surface area contributed by atoms with Gasteiger partial charge in [-0.05, 0) is 49.1 Å². The first kappa shape index (κ1) is 22.5. The Morgan fingerprint density at radius 1 is 1.31 bits per heavy atom. The Hall–Kier alpha value is -2.65. The number of alkyl halides is 3. The molecule has 1 saturated carbocycles. The largest absolute Gasteiger partial charge is 0.468 e. The molecule has 5 nitrogen and oxygen atoms in total. The highest BCUT2D eigenvalue weighted by Gasteiger charge is 2.29. The van der Waals surface area contributed by atoms with Crippen molar-refractivity contribution in [3.8, 4) is 17.0 Å². The van der Waals surface area contributed by atoms with Gasteiger partial charge in [0.15, 0.2) is 6.61 Å². The van der Waals surface area contributed by atoms with Crippen LogP contribution in [0.1, 0.15) is 45.4 Å². The van der Waals surface area contributed by atoms with Gasteiger partial charge in [-0.2, -0.15) is 13.2 Å². The van der Waals surface area contributed by atoms with Crippen molar-refractivity contribution in [1.29, 1.82) is 0 Å². The maximum atomic E-state index is 12.7. The van der Waals surface area contributed by atoms with Gasteiger partial charge in [-0.15, -0.1) is 11.3 Å². The molecule has 0 radical (unpaired) electrons. The summed E-state index contributed by atoms with van der Waals surface area (Å²) in [4.78, 5) is 21.2. The number of amides is 1. The van der Waals surface area contributed by atoms with Crippen LogP contribution >= 0.6 is 22.9 Å². The van der Waals surface area contributed by atoms with Gasteiger partial charge in [-0.1, -0.05) is 17.7 Å². The summed E-state index contributed by atoms with van der Waals surface area (Å²) in [6, 6.07) is 6.44. The summed E-state index contributed by atoms with van der Waals surface area (Å²) in [5.74, 6) is -0.0785. The number of thiazole rings is 1. The molecule has 1 aliphatic carbocycles. The van der Waals surface area contributed by atoms with Gasteiger partial charge < -0.3 is 10.1 Å². The Bertz CT molecular complexity index is 1150. The van der Waals surface area contributed by atoms with E-state index in [0.717, 1.165) is 29.1 Å². The maximum Gasteiger partial charge on any atom is 0.422 e. The number of rotatable bonds is 7. The number of pyridine rings is 1. The van der Waals surface area contributed by atoms with Crippen LogP contribution in [0.25, 0.3) is 11.1 Å². The number of hydrogen-bond acceptors (Lipinski definition) is 5. The average Bonchev–Trinajstić information content (AvgIpc) is 3.50. The van der Waals surface area contributed by atoms with E-state index >= 15 is 0 Å². The lowest BCUT2D eigenvalue weighted by atomic mass is 10.0. The third-order valence-electron chi connectivity index (χ3n) is 4.88. The normalized spacial score (nSPS) is 13.8. The first-order valence-corrected chi connectivity index (χ1v) is 11.1. The van der Waals surface area contributed by atoms with Gasteiger partial charge in [-0.25, -0.2) is 9.97 Å². The van der Waals surface area contributed by atoms with E-state index in [-0.39, 0.29) is 23.6 Å². The molecule has 0 spiro atoms. The zero-order chi connectivity index (χ0) is 22.9. The van der Waals surface area contributed by atoms with Crippen LogP contribution in [0.5, 0.6) is 5.88 Å². The smallest absolute Gasteiger partial charge is 0.422 e. The van der Waals surface area contributed by atoms with E-state index in [9.17, 15) is 18.0 Å². The predicted octanol–water partition coefficient (Wildman–Crippen LogP) is 5.92. The van der Waals surface area contributed by atoms with Gasteiger partial charge in [0.1, 0.15) is 0 Å². The van der Waals surface area contributed by atoms with E-state index in [1.54, 1.807) is 36.5 Å². The number of aryl methyl sites for hydroxylation is 1. The van der Waals surface area contributed by atoms with Crippen molar-refractivity contribution in [3.05, 3.63) is 62.7 Å². The molecule has 2 aromatic heterocycles. The van der Waals surface area contributed by atoms with Crippen molar-refractivity contribution in [2.75, 3.05) is 6.61 Å². The SMILES string of the molecule is Cc1cc(-c2cc(C(=O)NCc3csc(C4CC4)n3)cnc2OCC(F)(F)F)ccc1Cl. The third kappa shape index (κ3) is 5.58. The minimum absolute atomic E-state index is 0.199. The van der Waals surface area contributed by atoms with Crippen molar-refractivity contribution < 1.29 is 22.7 Å². The van der Waals surface area contributed by atoms with E-state index in [4.69, 9.17) is 16.3 Å². The minimum Gasteiger partial charge on any atom is -0.468 e. The van der Waals surface area contributed by atoms with E-state index in [0.29, 0.717) is 16.5 Å². The van der Waals surface area contributed by atoms with Crippen LogP contribution in [0.4, 0.5) is 13.2 Å². The summed E-state index contributed by atoms with van der Waals surface area (Å²) < 4.78 is 42.9. The number of hydrogen-bond donors (Lipinski definition) is 1. The van der Waals surface area contributed by atoms with Gasteiger partial charge in [0.05, 0.1) is 22.8 Å². The summed E-state index contributed by atoms with van der Waals surface area (Å²) in [6.45, 7) is 0.540. The molecule has 0 bridgehead atoms. The molecule has 1 fully saturated rings. The Labute approximate surface area is 191 Å². The summed E-state index contributed by atoms with van der Waals surface area (Å²) in [5, 5.41) is 6.31. The molecular weight excluding hydrogens is 463 g/mol. The number of halogens is 4. The van der Waals surface area contributed by atoms with Crippen LogP contribution in [-0.2, 0) is 6.54 Å². The Kier molecular flexibility index (Phi) is 6.39. The molecule has 0 saturated heterocycles. The second-order valence-electron chi connectivity index (χ2n) is 7.58. The van der Waals surface area contributed by atoms with E-state index < -0.39 is 18.7 Å². The maximum absolute atomic E-state index is 12.7. The summed E-state index contributed by atoms with van der Waals surface area (Å²) in [7, 11) is 0. The Morgan fingerprint density at radius 2 is 2.09 bits per heavy atom. The summed E-state index contributed by atoms with van der Waals surface area (Å²) >= 11 is 7.66. The predicted molar refractivity (Wildman–Crippen MR) is 116 cm³/mol. The topological polar surface area (TPSA) is 64.1 Å². The van der Waals surface area contributed by atoms with E-state index in [2.05, 4.69) is 15.3 Å². The van der Waals surface area contributed by atoms with Crippen molar-refractivity contribution in [2.24, 2.45) is 0 Å². The van der Waals surface area contributed by atoms with E-state index in [1.165, 1.54) is 12.3 Å². The van der Waals surface area contributed by atoms with Gasteiger partial charge in [0, 0.05) is 28.1 Å². The number of ether oxygens (including phenoxy) is 1. The van der Waals surface area contributed by atoms with Gasteiger partial charge in [-0.3, -0.25) is 4.79 Å². The van der Waals surface area contributed by atoms with Crippen LogP contribution in [0, 0.1) is 6.92 Å². The number of carbonyl (C=O) groups is 1. The molecule has 0 atom stereocenters. The molecule has 2 heterocycles. The highest BCUT2D eigenvalue weighted by atomic mass is 35.5. The molecular formula is C22H19ClF3N3O2S. The van der Waals surface area contributed by atoms with Crippen LogP contribution in [0.2, 0.25) is 5.02 Å². The zero-order valence-corrected chi connectivity index (χ0v) is 18.6. The fourth-order valence-corrected chi connectivity index (χ4v) is 4.16. The monoisotopic (exact) mass is 481 g/mol. The minimum atomic E-state index is -4.52. The Balaban J connectivity index is 1.55. The third-order valence-corrected chi connectivity index (χ3v) is 6.36. The molecule has 1 aliphatic rings. The summed E-state index contributed by atoms with van der Waals surface area (Å²) in [5.41, 5.74) is 2.52. The molecule has 10 heteroatoms. The standard InChI is InChI=1S/C22H19ClF3N3O2S/c1-12-6-14(4-5-18(12)23)17-7-15(8-28-20(17)31-11-22(24,25)26)19(30)27-9-16-10-32-21(29-16)13-2-3-13/h4-8,10,13H,2-3,9,11H2,1H3,(H,27,30). The zero-order valence-electron chi connectivity index (χ0n) is 17.0. The molecule has 3 aromatic rings. The van der Waals surface area contributed by atoms with E-state index in [1.807, 2.05) is 5.38 Å². The number of carbonyl (C=O) groups excluding carboxylic acids is 1. The van der Waals surface area contributed by atoms with Gasteiger partial charge in [0.2, 0.25) is 5.88 Å². The average molecular weight is 482 g/mol. The summed E-state index contributed by atoms with van der Waals surface area (Å²) in [6.07, 6.45) is -1.01. The number of nitrogens with zero attached hydrogens (tertiary/aromatic N) is 2. The molecule has 1 N–H and O–H groups in total. The Morgan fingerprint density at radius 3 is 2.78 bits per heavy atom. The van der Waals surface area contributed by atoms with Crippen LogP contribution < -0.4 is 10.1 Å². The lowest BCUT2D eigenvalue weighted by Crippen LogP contribution is -2.23. The lowest BCUT2D eigenvalue weighted by Gasteiger charge is -2.14. The fourth-order valence-electron chi connectivity index (χ4n) is 3.06. The fraction of sp³-hybridized carbons (Fsp3) is 0.318. The highest BCUT2D eigenvalue weighted by Crippen LogP contribution is 2.41. The molecule has 0 unspecified atom stereocenters. The van der Waals surface area contributed by atoms with Crippen molar-refractivity contribution >= 4 is 28.8 Å². The molecule has 32 heavy (non-hydrogen) atoms. The van der Waals surface area contributed by atoms with Crippen LogP contribution in [-0.4, -0.2) is 28.7 Å². The van der Waals surface area contributed by atoms with Crippen molar-refractivity contribution in [2.45, 2.75) is 38.4 Å². The molecule has 1 aromatic carbocycles. The molecule has 1 amide bonds. The van der Waals surface area contributed by atoms with Gasteiger partial charge in [0.25, 0.3) is 5.91 Å². The quantitative estimate of drug-likeness (QED) is 0.455. The lowest BCUT2D eigenvalue weighted by molar-refractivity contribution is -0.154. The first-order valence-electron chi connectivity index (χ1n) is 9.88. The highest BCUT2D eigenvalue weighted by molar-refractivity contribution is 7.09. The second-order valence-corrected chi connectivity index (χ2v) is 8.88.